The first-order valence-electron chi connectivity index (χ1n) is 7.14. The van der Waals surface area contributed by atoms with Crippen LogP contribution in [0, 0.1) is 11.3 Å². The van der Waals surface area contributed by atoms with Gasteiger partial charge in [-0.1, -0.05) is 0 Å². The van der Waals surface area contributed by atoms with Crippen molar-refractivity contribution in [3.05, 3.63) is 43.7 Å². The van der Waals surface area contributed by atoms with Gasteiger partial charge in [0, 0.05) is 20.6 Å². The third-order valence-corrected chi connectivity index (χ3v) is 3.40. The fourth-order valence-electron chi connectivity index (χ4n) is 2.19. The molecule has 0 aliphatic heterocycles. The number of anilines is 3. The number of carbonyl (C=O) groups excluding carboxylic acids is 1. The fourth-order valence-corrected chi connectivity index (χ4v) is 2.19. The van der Waals surface area contributed by atoms with Crippen molar-refractivity contribution in [1.82, 2.24) is 4.90 Å². The molecule has 2 aromatic carbocycles. The highest BCUT2D eigenvalue weighted by Crippen LogP contribution is 2.33. The Bertz CT molecular complexity index is 917. The van der Waals surface area contributed by atoms with E-state index in [0.29, 0.717) is 6.54 Å². The second-order valence-corrected chi connectivity index (χ2v) is 5.29. The van der Waals surface area contributed by atoms with Crippen molar-refractivity contribution in [3.8, 4) is 11.8 Å². The Morgan fingerprint density at radius 2 is 1.88 bits per heavy atom. The van der Waals surface area contributed by atoms with E-state index in [1.54, 1.807) is 6.92 Å². The van der Waals surface area contributed by atoms with Gasteiger partial charge in [-0.25, -0.2) is 0 Å². The number of phenols is 1. The molecule has 0 aliphatic rings. The van der Waals surface area contributed by atoms with Crippen molar-refractivity contribution in [3.63, 3.8) is 0 Å². The van der Waals surface area contributed by atoms with Gasteiger partial charge in [0.1, 0.15) is 11.4 Å². The van der Waals surface area contributed by atoms with Crippen LogP contribution in [-0.4, -0.2) is 36.6 Å². The number of aromatic hydroxyl groups is 1. The van der Waals surface area contributed by atoms with Crippen molar-refractivity contribution < 1.29 is 9.90 Å². The highest BCUT2D eigenvalue weighted by Gasteiger charge is 2.24. The number of rotatable bonds is 5. The Kier molecular flexibility index (Phi) is 4.55. The molecule has 0 saturated carbocycles. The Hall–Kier alpha value is -3.34. The van der Waals surface area contributed by atoms with Crippen LogP contribution in [0.5, 0.6) is 5.75 Å². The molecule has 24 heavy (non-hydrogen) atoms. The third kappa shape index (κ3) is 2.79. The minimum Gasteiger partial charge on any atom is -0.505 e. The summed E-state index contributed by atoms with van der Waals surface area (Å²) >= 11 is 0. The molecule has 8 heteroatoms. The molecule has 0 aromatic heterocycles. The summed E-state index contributed by atoms with van der Waals surface area (Å²) in [5.74, 6) is -0.896. The predicted molar refractivity (Wildman–Crippen MR) is 89.6 cm³/mol. The Morgan fingerprint density at radius 1 is 1.25 bits per heavy atom. The van der Waals surface area contributed by atoms with Crippen LogP contribution in [0.3, 0.4) is 0 Å². The van der Waals surface area contributed by atoms with E-state index in [1.807, 2.05) is 6.07 Å². The fraction of sp³-hybridized carbons (Fsp3) is 0.250. The standard InChI is InChI=1S/C16H16N4O4/c1-4-18-11-12(15(23)14(11)22)19-10-6-8(7-17)5-9(13(10)21)16(24)20(2)3/h5-6,18-19,21H,4H2,1-3H3. The molecule has 2 rings (SSSR count). The predicted octanol–water partition coefficient (Wildman–Crippen LogP) is 0.737. The molecule has 0 spiro atoms. The molecule has 8 nitrogen and oxygen atoms in total. The third-order valence-electron chi connectivity index (χ3n) is 3.40. The second-order valence-electron chi connectivity index (χ2n) is 5.29. The lowest BCUT2D eigenvalue weighted by Crippen LogP contribution is -2.36. The summed E-state index contributed by atoms with van der Waals surface area (Å²) in [4.78, 5) is 36.6. The van der Waals surface area contributed by atoms with Crippen molar-refractivity contribution in [2.24, 2.45) is 0 Å². The zero-order valence-electron chi connectivity index (χ0n) is 13.4. The van der Waals surface area contributed by atoms with E-state index in [9.17, 15) is 19.5 Å². The number of nitriles is 1. The maximum atomic E-state index is 12.1. The lowest BCUT2D eigenvalue weighted by atomic mass is 10.1. The van der Waals surface area contributed by atoms with E-state index in [2.05, 4.69) is 10.6 Å². The summed E-state index contributed by atoms with van der Waals surface area (Å²) in [6, 6.07) is 4.45. The minimum atomic E-state index is -0.729. The van der Waals surface area contributed by atoms with Crippen LogP contribution in [-0.2, 0) is 0 Å². The quantitative estimate of drug-likeness (QED) is 0.546. The number of hydrogen-bond acceptors (Lipinski definition) is 7. The molecule has 0 saturated heterocycles. The molecule has 124 valence electrons. The Balaban J connectivity index is 2.52. The molecule has 0 atom stereocenters. The second kappa shape index (κ2) is 6.42. The lowest BCUT2D eigenvalue weighted by molar-refractivity contribution is 0.0824. The van der Waals surface area contributed by atoms with Crippen LogP contribution in [0.2, 0.25) is 0 Å². The molecule has 3 N–H and O–H groups in total. The number of hydrogen-bond donors (Lipinski definition) is 3. The van der Waals surface area contributed by atoms with Crippen LogP contribution in [0.1, 0.15) is 22.8 Å². The van der Waals surface area contributed by atoms with Gasteiger partial charge in [0.25, 0.3) is 16.8 Å². The highest BCUT2D eigenvalue weighted by atomic mass is 16.3. The van der Waals surface area contributed by atoms with Gasteiger partial charge in [0.05, 0.1) is 22.9 Å². The molecule has 0 fully saturated rings. The van der Waals surface area contributed by atoms with E-state index >= 15 is 0 Å². The number of nitrogens with zero attached hydrogens (tertiary/aromatic N) is 2. The molecule has 0 aliphatic carbocycles. The Morgan fingerprint density at radius 3 is 2.42 bits per heavy atom. The van der Waals surface area contributed by atoms with Gasteiger partial charge in [-0.15, -0.1) is 0 Å². The number of phenolic OH excluding ortho intramolecular Hbond substituents is 1. The normalized spacial score (nSPS) is 10.2. The number of nitrogens with one attached hydrogen (secondary N) is 2. The summed E-state index contributed by atoms with van der Waals surface area (Å²) in [7, 11) is 3.02. The molecule has 0 bridgehead atoms. The van der Waals surface area contributed by atoms with E-state index in [4.69, 9.17) is 5.26 Å². The van der Waals surface area contributed by atoms with Gasteiger partial charge in [-0.3, -0.25) is 14.4 Å². The average Bonchev–Trinajstić information content (AvgIpc) is 2.58. The first-order chi connectivity index (χ1) is 11.3. The monoisotopic (exact) mass is 328 g/mol. The molecule has 0 radical (unpaired) electrons. The van der Waals surface area contributed by atoms with Gasteiger partial charge in [-0.05, 0) is 19.1 Å². The van der Waals surface area contributed by atoms with Crippen LogP contribution in [0.4, 0.5) is 17.1 Å². The van der Waals surface area contributed by atoms with E-state index in [-0.39, 0.29) is 28.2 Å². The van der Waals surface area contributed by atoms with Crippen LogP contribution >= 0.6 is 0 Å². The van der Waals surface area contributed by atoms with Crippen molar-refractivity contribution in [2.75, 3.05) is 31.3 Å². The molecule has 0 unspecified atom stereocenters. The van der Waals surface area contributed by atoms with Gasteiger partial charge in [0.15, 0.2) is 5.75 Å². The van der Waals surface area contributed by atoms with Crippen LogP contribution in [0.25, 0.3) is 0 Å². The van der Waals surface area contributed by atoms with Crippen molar-refractivity contribution in [1.29, 1.82) is 5.26 Å². The van der Waals surface area contributed by atoms with Gasteiger partial charge < -0.3 is 20.6 Å². The summed E-state index contributed by atoms with van der Waals surface area (Å²) in [5.41, 5.74) is -1.21. The van der Waals surface area contributed by atoms with Crippen LogP contribution in [0.15, 0.2) is 21.7 Å². The molecular weight excluding hydrogens is 312 g/mol. The van der Waals surface area contributed by atoms with E-state index < -0.39 is 22.5 Å². The largest absolute Gasteiger partial charge is 0.505 e. The van der Waals surface area contributed by atoms with Gasteiger partial charge >= 0.3 is 0 Å². The maximum absolute atomic E-state index is 12.1. The average molecular weight is 328 g/mol. The number of amides is 1. The first-order valence-corrected chi connectivity index (χ1v) is 7.14. The summed E-state index contributed by atoms with van der Waals surface area (Å²) in [6.45, 7) is 2.20. The van der Waals surface area contributed by atoms with Crippen LogP contribution < -0.4 is 21.5 Å². The van der Waals surface area contributed by atoms with Crippen molar-refractivity contribution in [2.45, 2.75) is 6.92 Å². The van der Waals surface area contributed by atoms with Gasteiger partial charge in [-0.2, -0.15) is 5.26 Å². The topological polar surface area (TPSA) is 123 Å². The minimum absolute atomic E-state index is 0.00417. The smallest absolute Gasteiger partial charge is 0.257 e. The highest BCUT2D eigenvalue weighted by molar-refractivity contribution is 5.99. The van der Waals surface area contributed by atoms with E-state index in [0.717, 1.165) is 0 Å². The van der Waals surface area contributed by atoms with Crippen molar-refractivity contribution >= 4 is 23.0 Å². The zero-order chi connectivity index (χ0) is 18.0. The summed E-state index contributed by atoms with van der Waals surface area (Å²) < 4.78 is 0. The number of benzene rings is 1. The zero-order valence-corrected chi connectivity index (χ0v) is 13.4. The van der Waals surface area contributed by atoms with Gasteiger partial charge in [0.2, 0.25) is 0 Å². The maximum Gasteiger partial charge on any atom is 0.257 e. The SMILES string of the molecule is CCNc1c(Nc2cc(C#N)cc(C(=O)N(C)C)c2O)c(=O)c1=O. The van der Waals surface area contributed by atoms with E-state index in [1.165, 1.54) is 31.1 Å². The lowest BCUT2D eigenvalue weighted by Gasteiger charge is -2.17. The first kappa shape index (κ1) is 17.0. The molecule has 0 heterocycles. The molecule has 2 aromatic rings. The summed E-state index contributed by atoms with van der Waals surface area (Å²) in [5, 5.41) is 24.8. The molecular formula is C16H16N4O4. The molecule has 1 amide bonds. The number of carbonyl (C=O) groups is 1. The Labute approximate surface area is 137 Å². The summed E-state index contributed by atoms with van der Waals surface area (Å²) in [6.07, 6.45) is 0.